The van der Waals surface area contributed by atoms with Crippen LogP contribution in [-0.4, -0.2) is 45.2 Å². The molecule has 4 nitrogen and oxygen atoms in total. The number of benzene rings is 1. The normalized spacial score (nSPS) is 28.0. The molecule has 6 heteroatoms. The molecule has 1 aromatic carbocycles. The first-order chi connectivity index (χ1) is 12.1. The zero-order chi connectivity index (χ0) is 17.8. The van der Waals surface area contributed by atoms with Gasteiger partial charge in [0.05, 0.1) is 10.6 Å². The Labute approximate surface area is 159 Å². The van der Waals surface area contributed by atoms with E-state index >= 15 is 0 Å². The topological polar surface area (TPSA) is 49.4 Å². The molecule has 2 aliphatic rings. The van der Waals surface area contributed by atoms with Gasteiger partial charge in [0.2, 0.25) is 11.8 Å². The molecule has 4 atom stereocenters. The minimum atomic E-state index is -0.444. The van der Waals surface area contributed by atoms with Gasteiger partial charge in [-0.15, -0.1) is 11.8 Å². The summed E-state index contributed by atoms with van der Waals surface area (Å²) in [7, 11) is 0. The summed E-state index contributed by atoms with van der Waals surface area (Å²) < 4.78 is 0. The van der Waals surface area contributed by atoms with Crippen molar-refractivity contribution in [3.63, 3.8) is 0 Å². The lowest BCUT2D eigenvalue weighted by molar-refractivity contribution is -0.139. The van der Waals surface area contributed by atoms with Crippen molar-refractivity contribution in [3.8, 4) is 0 Å². The Hall–Kier alpha value is -1.14. The molecule has 3 rings (SSSR count). The fourth-order valence-electron chi connectivity index (χ4n) is 3.63. The first kappa shape index (κ1) is 18.6. The fourth-order valence-corrected chi connectivity index (χ4v) is 5.36. The van der Waals surface area contributed by atoms with E-state index in [-0.39, 0.29) is 23.2 Å². The monoisotopic (exact) mass is 378 g/mol. The quantitative estimate of drug-likeness (QED) is 0.792. The molecule has 1 N–H and O–H groups in total. The number of hydrogen-bond donors (Lipinski definition) is 2. The molecular formula is C19H26N2O2S2. The minimum Gasteiger partial charge on any atom is -0.343 e. The van der Waals surface area contributed by atoms with Gasteiger partial charge in [-0.2, -0.15) is 12.6 Å². The molecule has 0 aromatic heterocycles. The Morgan fingerprint density at radius 1 is 1.32 bits per heavy atom. The molecular weight excluding hydrogens is 352 g/mol. The van der Waals surface area contributed by atoms with E-state index in [1.807, 2.05) is 47.0 Å². The molecule has 0 aliphatic carbocycles. The molecule has 0 bridgehead atoms. The maximum absolute atomic E-state index is 13.0. The SMILES string of the molecule is C[C@@H]1CCC[C@@H]2SCC[C@H](NC(=O)[C@@H](S)Cc3ccccc3)C(=O)N12. The number of fused-ring (bicyclic) bond motifs is 1. The average Bonchev–Trinajstić information content (AvgIpc) is 2.76. The van der Waals surface area contributed by atoms with Gasteiger partial charge < -0.3 is 10.2 Å². The predicted molar refractivity (Wildman–Crippen MR) is 106 cm³/mol. The first-order valence-corrected chi connectivity index (χ1v) is 10.6. The highest BCUT2D eigenvalue weighted by molar-refractivity contribution is 7.99. The summed E-state index contributed by atoms with van der Waals surface area (Å²) in [6.45, 7) is 2.12. The highest BCUT2D eigenvalue weighted by atomic mass is 32.2. The molecule has 2 heterocycles. The minimum absolute atomic E-state index is 0.0794. The number of thiol groups is 1. The van der Waals surface area contributed by atoms with Crippen molar-refractivity contribution in [2.75, 3.05) is 5.75 Å². The molecule has 0 radical (unpaired) electrons. The van der Waals surface area contributed by atoms with Crippen molar-refractivity contribution < 1.29 is 9.59 Å². The van der Waals surface area contributed by atoms with Crippen molar-refractivity contribution in [2.45, 2.75) is 61.7 Å². The van der Waals surface area contributed by atoms with Crippen molar-refractivity contribution in [2.24, 2.45) is 0 Å². The summed E-state index contributed by atoms with van der Waals surface area (Å²) in [5.41, 5.74) is 1.07. The molecule has 25 heavy (non-hydrogen) atoms. The lowest BCUT2D eigenvalue weighted by Gasteiger charge is -2.40. The Balaban J connectivity index is 1.62. The van der Waals surface area contributed by atoms with Crippen LogP contribution >= 0.6 is 24.4 Å². The number of piperidine rings is 1. The van der Waals surface area contributed by atoms with Gasteiger partial charge in [-0.1, -0.05) is 30.3 Å². The summed E-state index contributed by atoms with van der Waals surface area (Å²) in [5.74, 6) is 0.829. The second-order valence-electron chi connectivity index (χ2n) is 6.91. The van der Waals surface area contributed by atoms with E-state index < -0.39 is 11.3 Å². The number of rotatable bonds is 4. The standard InChI is InChI=1S/C19H26N2O2S2/c1-13-6-5-9-17-21(13)19(23)15(10-11-25-17)20-18(22)16(24)12-14-7-3-2-4-8-14/h2-4,7-8,13,15-17,24H,5-6,9-12H2,1H3,(H,20,22)/t13-,15+,16+,17+/m1/s1. The maximum atomic E-state index is 13.0. The Morgan fingerprint density at radius 3 is 2.84 bits per heavy atom. The molecule has 2 saturated heterocycles. The van der Waals surface area contributed by atoms with Gasteiger partial charge in [0, 0.05) is 6.04 Å². The number of carbonyl (C=O) groups is 2. The van der Waals surface area contributed by atoms with E-state index in [4.69, 9.17) is 0 Å². The van der Waals surface area contributed by atoms with Crippen LogP contribution in [0.3, 0.4) is 0 Å². The molecule has 136 valence electrons. The van der Waals surface area contributed by atoms with E-state index in [9.17, 15) is 9.59 Å². The third-order valence-electron chi connectivity index (χ3n) is 5.02. The van der Waals surface area contributed by atoms with Crippen LogP contribution in [0.4, 0.5) is 0 Å². The largest absolute Gasteiger partial charge is 0.343 e. The van der Waals surface area contributed by atoms with E-state index in [0.717, 1.165) is 24.2 Å². The van der Waals surface area contributed by atoms with Crippen molar-refractivity contribution in [1.29, 1.82) is 0 Å². The van der Waals surface area contributed by atoms with E-state index in [1.165, 1.54) is 6.42 Å². The van der Waals surface area contributed by atoms with Crippen LogP contribution < -0.4 is 5.32 Å². The summed E-state index contributed by atoms with van der Waals surface area (Å²) in [6, 6.07) is 9.68. The van der Waals surface area contributed by atoms with Crippen LogP contribution in [0, 0.1) is 0 Å². The maximum Gasteiger partial charge on any atom is 0.246 e. The third kappa shape index (κ3) is 4.53. The average molecular weight is 379 g/mol. The fraction of sp³-hybridized carbons (Fsp3) is 0.579. The van der Waals surface area contributed by atoms with Crippen LogP contribution in [0.15, 0.2) is 30.3 Å². The van der Waals surface area contributed by atoms with Gasteiger partial charge >= 0.3 is 0 Å². The third-order valence-corrected chi connectivity index (χ3v) is 6.75. The Kier molecular flexibility index (Phi) is 6.34. The highest BCUT2D eigenvalue weighted by Gasteiger charge is 2.38. The number of thioether (sulfide) groups is 1. The summed E-state index contributed by atoms with van der Waals surface area (Å²) in [5, 5.41) is 2.79. The van der Waals surface area contributed by atoms with Crippen molar-refractivity contribution in [3.05, 3.63) is 35.9 Å². The molecule has 0 spiro atoms. The lowest BCUT2D eigenvalue weighted by atomic mass is 10.0. The van der Waals surface area contributed by atoms with E-state index in [1.54, 1.807) is 0 Å². The molecule has 2 aliphatic heterocycles. The molecule has 2 fully saturated rings. The first-order valence-electron chi connectivity index (χ1n) is 9.02. The number of nitrogens with zero attached hydrogens (tertiary/aromatic N) is 1. The second kappa shape index (κ2) is 8.49. The van der Waals surface area contributed by atoms with E-state index in [0.29, 0.717) is 12.8 Å². The highest BCUT2D eigenvalue weighted by Crippen LogP contribution is 2.34. The number of hydrogen-bond acceptors (Lipinski definition) is 4. The zero-order valence-corrected chi connectivity index (χ0v) is 16.3. The van der Waals surface area contributed by atoms with Crippen molar-refractivity contribution in [1.82, 2.24) is 10.2 Å². The summed E-state index contributed by atoms with van der Waals surface area (Å²) in [4.78, 5) is 27.5. The molecule has 1 aromatic rings. The number of nitrogens with one attached hydrogen (secondary N) is 1. The molecule has 2 amide bonds. The predicted octanol–water partition coefficient (Wildman–Crippen LogP) is 2.88. The van der Waals surface area contributed by atoms with Gasteiger partial charge in [0.15, 0.2) is 0 Å². The summed E-state index contributed by atoms with van der Waals surface area (Å²) >= 11 is 6.31. The van der Waals surface area contributed by atoms with Gasteiger partial charge in [-0.3, -0.25) is 9.59 Å². The smallest absolute Gasteiger partial charge is 0.246 e. The van der Waals surface area contributed by atoms with Crippen LogP contribution in [0.1, 0.15) is 38.2 Å². The lowest BCUT2D eigenvalue weighted by Crippen LogP contribution is -2.55. The van der Waals surface area contributed by atoms with E-state index in [2.05, 4.69) is 24.9 Å². The van der Waals surface area contributed by atoms with Crippen LogP contribution in [0.5, 0.6) is 0 Å². The Morgan fingerprint density at radius 2 is 2.08 bits per heavy atom. The molecule has 0 unspecified atom stereocenters. The van der Waals surface area contributed by atoms with Gasteiger partial charge in [0.25, 0.3) is 0 Å². The van der Waals surface area contributed by atoms with Crippen LogP contribution in [0.2, 0.25) is 0 Å². The van der Waals surface area contributed by atoms with Crippen molar-refractivity contribution >= 4 is 36.2 Å². The van der Waals surface area contributed by atoms with Gasteiger partial charge in [0.1, 0.15) is 6.04 Å². The van der Waals surface area contributed by atoms with Crippen LogP contribution in [-0.2, 0) is 16.0 Å². The van der Waals surface area contributed by atoms with Gasteiger partial charge in [-0.25, -0.2) is 0 Å². The second-order valence-corrected chi connectivity index (χ2v) is 8.82. The Bertz CT molecular complexity index is 611. The van der Waals surface area contributed by atoms with Crippen LogP contribution in [0.25, 0.3) is 0 Å². The number of carbonyl (C=O) groups excluding carboxylic acids is 2. The summed E-state index contributed by atoms with van der Waals surface area (Å²) in [6.07, 6.45) is 4.54. The number of amides is 2. The van der Waals surface area contributed by atoms with Gasteiger partial charge in [-0.05, 0) is 50.3 Å². The zero-order valence-electron chi connectivity index (χ0n) is 14.6. The molecule has 0 saturated carbocycles.